The maximum atomic E-state index is 12.7. The van der Waals surface area contributed by atoms with Crippen LogP contribution in [0.25, 0.3) is 0 Å². The van der Waals surface area contributed by atoms with Gasteiger partial charge in [-0.3, -0.25) is 9.59 Å². The summed E-state index contributed by atoms with van der Waals surface area (Å²) in [5.74, 6) is 1.28. The molecule has 2 saturated carbocycles. The minimum absolute atomic E-state index is 0.0139. The lowest BCUT2D eigenvalue weighted by Gasteiger charge is -2.30. The van der Waals surface area contributed by atoms with E-state index < -0.39 is 17.8 Å². The van der Waals surface area contributed by atoms with Crippen molar-refractivity contribution in [3.05, 3.63) is 12.2 Å². The summed E-state index contributed by atoms with van der Waals surface area (Å²) in [5.41, 5.74) is 0. The average Bonchev–Trinajstić information content (AvgIpc) is 3.00. The SMILES string of the molecule is C#CCN(CC1CC1)C(=O)C1C2C=CC(C2)C1C(=O)O. The predicted octanol–water partition coefficient (Wildman–Crippen LogP) is 1.38. The summed E-state index contributed by atoms with van der Waals surface area (Å²) in [5, 5.41) is 9.42. The number of hydrogen-bond acceptors (Lipinski definition) is 2. The van der Waals surface area contributed by atoms with E-state index in [1.165, 1.54) is 0 Å². The van der Waals surface area contributed by atoms with Crippen molar-refractivity contribution in [3.63, 3.8) is 0 Å². The summed E-state index contributed by atoms with van der Waals surface area (Å²) < 4.78 is 0. The second-order valence-corrected chi connectivity index (χ2v) is 6.20. The zero-order chi connectivity index (χ0) is 14.3. The average molecular weight is 273 g/mol. The molecular formula is C16H19NO3. The van der Waals surface area contributed by atoms with Crippen molar-refractivity contribution >= 4 is 11.9 Å². The van der Waals surface area contributed by atoms with Gasteiger partial charge in [-0.05, 0) is 37.0 Å². The van der Waals surface area contributed by atoms with Gasteiger partial charge in [0.15, 0.2) is 0 Å². The minimum Gasteiger partial charge on any atom is -0.481 e. The standard InChI is InChI=1S/C16H19NO3/c1-2-7-17(9-10-3-4-10)15(18)13-11-5-6-12(8-11)14(13)16(19)20/h1,5-6,10-14H,3-4,7-9H2,(H,19,20). The molecule has 3 rings (SSSR count). The van der Waals surface area contributed by atoms with Crippen LogP contribution in [0.4, 0.5) is 0 Å². The number of amides is 1. The zero-order valence-corrected chi connectivity index (χ0v) is 11.4. The Morgan fingerprint density at radius 1 is 1.25 bits per heavy atom. The molecule has 1 amide bonds. The third-order valence-corrected chi connectivity index (χ3v) is 4.80. The molecule has 4 heteroatoms. The number of terminal acetylenes is 1. The van der Waals surface area contributed by atoms with Gasteiger partial charge in [0.1, 0.15) is 0 Å². The van der Waals surface area contributed by atoms with Gasteiger partial charge in [-0.15, -0.1) is 6.42 Å². The van der Waals surface area contributed by atoms with E-state index in [9.17, 15) is 14.7 Å². The van der Waals surface area contributed by atoms with Crippen molar-refractivity contribution in [1.82, 2.24) is 4.90 Å². The molecule has 4 atom stereocenters. The fourth-order valence-electron chi connectivity index (χ4n) is 3.66. The second-order valence-electron chi connectivity index (χ2n) is 6.20. The maximum Gasteiger partial charge on any atom is 0.307 e. The predicted molar refractivity (Wildman–Crippen MR) is 73.5 cm³/mol. The van der Waals surface area contributed by atoms with Gasteiger partial charge in [-0.1, -0.05) is 18.1 Å². The molecule has 0 saturated heterocycles. The number of aliphatic carboxylic acids is 1. The lowest BCUT2D eigenvalue weighted by atomic mass is 9.82. The van der Waals surface area contributed by atoms with Crippen LogP contribution in [-0.2, 0) is 9.59 Å². The van der Waals surface area contributed by atoms with Crippen LogP contribution in [0, 0.1) is 41.9 Å². The van der Waals surface area contributed by atoms with Crippen LogP contribution < -0.4 is 0 Å². The third kappa shape index (κ3) is 2.22. The molecule has 3 aliphatic carbocycles. The van der Waals surface area contributed by atoms with E-state index in [2.05, 4.69) is 5.92 Å². The molecule has 2 fully saturated rings. The second kappa shape index (κ2) is 4.97. The Morgan fingerprint density at radius 2 is 1.90 bits per heavy atom. The van der Waals surface area contributed by atoms with Gasteiger partial charge in [0.25, 0.3) is 0 Å². The molecule has 4 nitrogen and oxygen atoms in total. The first kappa shape index (κ1) is 13.2. The molecule has 0 radical (unpaired) electrons. The number of carbonyl (C=O) groups excluding carboxylic acids is 1. The smallest absolute Gasteiger partial charge is 0.307 e. The number of allylic oxidation sites excluding steroid dienone is 2. The number of hydrogen-bond donors (Lipinski definition) is 1. The number of carboxylic acid groups (broad SMARTS) is 1. The van der Waals surface area contributed by atoms with Crippen molar-refractivity contribution in [3.8, 4) is 12.3 Å². The Bertz CT molecular complexity index is 500. The number of carbonyl (C=O) groups is 2. The third-order valence-electron chi connectivity index (χ3n) is 4.80. The molecule has 2 bridgehead atoms. The van der Waals surface area contributed by atoms with Crippen molar-refractivity contribution in [2.24, 2.45) is 29.6 Å². The molecule has 0 aromatic carbocycles. The van der Waals surface area contributed by atoms with E-state index >= 15 is 0 Å². The van der Waals surface area contributed by atoms with Gasteiger partial charge in [0, 0.05) is 6.54 Å². The number of fused-ring (bicyclic) bond motifs is 2. The van der Waals surface area contributed by atoms with E-state index in [1.54, 1.807) is 4.90 Å². The van der Waals surface area contributed by atoms with Crippen LogP contribution >= 0.6 is 0 Å². The molecule has 0 aromatic heterocycles. The van der Waals surface area contributed by atoms with Crippen LogP contribution in [0.15, 0.2) is 12.2 Å². The highest BCUT2D eigenvalue weighted by Gasteiger charge is 2.52. The van der Waals surface area contributed by atoms with Crippen molar-refractivity contribution in [2.75, 3.05) is 13.1 Å². The molecule has 106 valence electrons. The van der Waals surface area contributed by atoms with Gasteiger partial charge in [-0.2, -0.15) is 0 Å². The highest BCUT2D eigenvalue weighted by atomic mass is 16.4. The van der Waals surface area contributed by atoms with Crippen LogP contribution in [0.1, 0.15) is 19.3 Å². The quantitative estimate of drug-likeness (QED) is 0.608. The Balaban J connectivity index is 1.78. The molecule has 0 aliphatic heterocycles. The molecule has 1 N–H and O–H groups in total. The van der Waals surface area contributed by atoms with Gasteiger partial charge < -0.3 is 10.0 Å². The van der Waals surface area contributed by atoms with Gasteiger partial charge in [0.2, 0.25) is 5.91 Å². The van der Waals surface area contributed by atoms with Crippen molar-refractivity contribution < 1.29 is 14.7 Å². The maximum absolute atomic E-state index is 12.7. The Hall–Kier alpha value is -1.76. The summed E-state index contributed by atoms with van der Waals surface area (Å²) in [6.07, 6.45) is 12.4. The summed E-state index contributed by atoms with van der Waals surface area (Å²) in [6.45, 7) is 0.978. The van der Waals surface area contributed by atoms with Crippen LogP contribution in [0.5, 0.6) is 0 Å². The van der Waals surface area contributed by atoms with E-state index in [0.717, 1.165) is 19.3 Å². The molecule has 0 spiro atoms. The zero-order valence-electron chi connectivity index (χ0n) is 11.4. The molecule has 20 heavy (non-hydrogen) atoms. The first-order valence-corrected chi connectivity index (χ1v) is 7.25. The van der Waals surface area contributed by atoms with E-state index in [4.69, 9.17) is 6.42 Å². The Morgan fingerprint density at radius 3 is 2.45 bits per heavy atom. The van der Waals surface area contributed by atoms with Crippen LogP contribution in [-0.4, -0.2) is 35.0 Å². The van der Waals surface area contributed by atoms with E-state index in [1.807, 2.05) is 12.2 Å². The van der Waals surface area contributed by atoms with Crippen LogP contribution in [0.2, 0.25) is 0 Å². The largest absolute Gasteiger partial charge is 0.481 e. The Kier molecular flexibility index (Phi) is 3.29. The minimum atomic E-state index is -0.854. The summed E-state index contributed by atoms with van der Waals surface area (Å²) in [7, 11) is 0. The summed E-state index contributed by atoms with van der Waals surface area (Å²) in [4.78, 5) is 25.9. The van der Waals surface area contributed by atoms with E-state index in [-0.39, 0.29) is 17.7 Å². The number of carboxylic acids is 1. The lowest BCUT2D eigenvalue weighted by molar-refractivity contribution is -0.150. The highest BCUT2D eigenvalue weighted by molar-refractivity contribution is 5.87. The molecule has 0 heterocycles. The lowest BCUT2D eigenvalue weighted by Crippen LogP contribution is -2.44. The normalized spacial score (nSPS) is 34.0. The first-order chi connectivity index (χ1) is 9.61. The van der Waals surface area contributed by atoms with Crippen molar-refractivity contribution in [2.45, 2.75) is 19.3 Å². The number of rotatable bonds is 5. The topological polar surface area (TPSA) is 57.6 Å². The van der Waals surface area contributed by atoms with E-state index in [0.29, 0.717) is 19.0 Å². The molecule has 0 aromatic rings. The summed E-state index contributed by atoms with van der Waals surface area (Å²) >= 11 is 0. The number of nitrogens with zero attached hydrogens (tertiary/aromatic N) is 1. The van der Waals surface area contributed by atoms with Crippen molar-refractivity contribution in [1.29, 1.82) is 0 Å². The monoisotopic (exact) mass is 273 g/mol. The van der Waals surface area contributed by atoms with Gasteiger partial charge >= 0.3 is 5.97 Å². The van der Waals surface area contributed by atoms with Gasteiger partial charge in [-0.25, -0.2) is 0 Å². The first-order valence-electron chi connectivity index (χ1n) is 7.25. The summed E-state index contributed by atoms with van der Waals surface area (Å²) in [6, 6.07) is 0. The molecular weight excluding hydrogens is 254 g/mol. The highest BCUT2D eigenvalue weighted by Crippen LogP contribution is 2.49. The molecule has 3 aliphatic rings. The van der Waals surface area contributed by atoms with Gasteiger partial charge in [0.05, 0.1) is 18.4 Å². The van der Waals surface area contributed by atoms with Crippen LogP contribution in [0.3, 0.4) is 0 Å². The molecule has 4 unspecified atom stereocenters. The fraction of sp³-hybridized carbons (Fsp3) is 0.625. The fourth-order valence-corrected chi connectivity index (χ4v) is 3.66. The Labute approximate surface area is 118 Å².